The van der Waals surface area contributed by atoms with E-state index in [1.54, 1.807) is 13.0 Å². The summed E-state index contributed by atoms with van der Waals surface area (Å²) in [6, 6.07) is 1.73. The van der Waals surface area contributed by atoms with Gasteiger partial charge in [0.2, 0.25) is 11.8 Å². The Bertz CT molecular complexity index is 396. The Hall–Kier alpha value is -1.85. The number of aryl methyl sites for hydroxylation is 1. The summed E-state index contributed by atoms with van der Waals surface area (Å²) in [7, 11) is 0. The number of anilines is 1. The lowest BCUT2D eigenvalue weighted by atomic mass is 10.4. The van der Waals surface area contributed by atoms with Crippen molar-refractivity contribution < 1.29 is 9.53 Å². The Morgan fingerprint density at radius 1 is 1.39 bits per heavy atom. The molecule has 6 heteroatoms. The number of hydrogen-bond donors (Lipinski definition) is 2. The second-order valence-electron chi connectivity index (χ2n) is 3.70. The molecule has 0 saturated heterocycles. The van der Waals surface area contributed by atoms with E-state index >= 15 is 0 Å². The molecule has 0 aromatic carbocycles. The maximum absolute atomic E-state index is 11.3. The molecule has 0 bridgehead atoms. The van der Waals surface area contributed by atoms with Gasteiger partial charge >= 0.3 is 0 Å². The molecule has 0 aliphatic heterocycles. The number of hydrogen-bond acceptors (Lipinski definition) is 5. The van der Waals surface area contributed by atoms with Crippen molar-refractivity contribution in [1.29, 1.82) is 0 Å². The lowest BCUT2D eigenvalue weighted by molar-refractivity contribution is -0.120. The van der Waals surface area contributed by atoms with E-state index in [2.05, 4.69) is 20.6 Å². The molecule has 0 fully saturated rings. The van der Waals surface area contributed by atoms with E-state index in [0.717, 1.165) is 0 Å². The van der Waals surface area contributed by atoms with Crippen LogP contribution in [0.15, 0.2) is 6.07 Å². The van der Waals surface area contributed by atoms with Crippen LogP contribution in [-0.2, 0) is 4.79 Å². The van der Waals surface area contributed by atoms with Gasteiger partial charge < -0.3 is 15.4 Å². The van der Waals surface area contributed by atoms with Crippen molar-refractivity contribution in [3.8, 4) is 5.88 Å². The second kappa shape index (κ2) is 7.47. The molecule has 0 spiro atoms. The molecule has 1 amide bonds. The second-order valence-corrected chi connectivity index (χ2v) is 3.70. The van der Waals surface area contributed by atoms with E-state index in [-0.39, 0.29) is 5.91 Å². The Labute approximate surface area is 107 Å². The van der Waals surface area contributed by atoms with Crippen LogP contribution in [-0.4, -0.2) is 35.6 Å². The van der Waals surface area contributed by atoms with Gasteiger partial charge in [0.25, 0.3) is 0 Å². The quantitative estimate of drug-likeness (QED) is 0.760. The van der Waals surface area contributed by atoms with Gasteiger partial charge in [0.1, 0.15) is 11.6 Å². The van der Waals surface area contributed by atoms with Gasteiger partial charge in [0.15, 0.2) is 0 Å². The minimum absolute atomic E-state index is 0.0285. The van der Waals surface area contributed by atoms with Gasteiger partial charge in [-0.3, -0.25) is 4.79 Å². The van der Waals surface area contributed by atoms with Gasteiger partial charge in [-0.25, -0.2) is 4.98 Å². The molecule has 0 unspecified atom stereocenters. The SMILES string of the molecule is CCNC(=O)CCNc1cc(OCC)nc(C)n1. The monoisotopic (exact) mass is 252 g/mol. The van der Waals surface area contributed by atoms with Crippen LogP contribution in [0.25, 0.3) is 0 Å². The van der Waals surface area contributed by atoms with E-state index in [1.165, 1.54) is 0 Å². The highest BCUT2D eigenvalue weighted by molar-refractivity contribution is 5.76. The van der Waals surface area contributed by atoms with E-state index in [1.807, 2.05) is 13.8 Å². The smallest absolute Gasteiger partial charge is 0.221 e. The molecule has 1 rings (SSSR count). The molecule has 1 aromatic rings. The number of aromatic nitrogens is 2. The molecular weight excluding hydrogens is 232 g/mol. The van der Waals surface area contributed by atoms with Crippen molar-refractivity contribution in [2.45, 2.75) is 27.2 Å². The third-order valence-corrected chi connectivity index (χ3v) is 2.14. The maximum atomic E-state index is 11.3. The average Bonchev–Trinajstić information content (AvgIpc) is 2.29. The fourth-order valence-corrected chi connectivity index (χ4v) is 1.44. The first-order valence-corrected chi connectivity index (χ1v) is 6.14. The minimum Gasteiger partial charge on any atom is -0.478 e. The first-order valence-electron chi connectivity index (χ1n) is 6.14. The first-order chi connectivity index (χ1) is 8.65. The first kappa shape index (κ1) is 14.2. The van der Waals surface area contributed by atoms with Crippen molar-refractivity contribution in [3.63, 3.8) is 0 Å². The summed E-state index contributed by atoms with van der Waals surface area (Å²) in [4.78, 5) is 19.6. The fraction of sp³-hybridized carbons (Fsp3) is 0.583. The normalized spacial score (nSPS) is 9.94. The lowest BCUT2D eigenvalue weighted by Crippen LogP contribution is -2.24. The van der Waals surface area contributed by atoms with Crippen molar-refractivity contribution in [3.05, 3.63) is 11.9 Å². The van der Waals surface area contributed by atoms with Gasteiger partial charge in [-0.15, -0.1) is 0 Å². The Morgan fingerprint density at radius 3 is 2.83 bits per heavy atom. The minimum atomic E-state index is 0.0285. The van der Waals surface area contributed by atoms with E-state index < -0.39 is 0 Å². The molecule has 6 nitrogen and oxygen atoms in total. The predicted molar refractivity (Wildman–Crippen MR) is 69.7 cm³/mol. The molecule has 18 heavy (non-hydrogen) atoms. The van der Waals surface area contributed by atoms with Crippen molar-refractivity contribution in [1.82, 2.24) is 15.3 Å². The van der Waals surface area contributed by atoms with Crippen LogP contribution in [0.1, 0.15) is 26.1 Å². The Kier molecular flexibility index (Phi) is 5.90. The van der Waals surface area contributed by atoms with Crippen molar-refractivity contribution in [2.75, 3.05) is 25.0 Å². The highest BCUT2D eigenvalue weighted by Crippen LogP contribution is 2.13. The molecule has 0 aliphatic rings. The summed E-state index contributed by atoms with van der Waals surface area (Å²) in [5, 5.41) is 5.82. The summed E-state index contributed by atoms with van der Waals surface area (Å²) < 4.78 is 5.32. The molecular formula is C12H20N4O2. The zero-order chi connectivity index (χ0) is 13.4. The molecule has 0 saturated carbocycles. The Balaban J connectivity index is 2.48. The highest BCUT2D eigenvalue weighted by Gasteiger charge is 2.03. The summed E-state index contributed by atoms with van der Waals surface area (Å²) in [6.45, 7) is 7.35. The van der Waals surface area contributed by atoms with Gasteiger partial charge in [-0.05, 0) is 20.8 Å². The van der Waals surface area contributed by atoms with Crippen LogP contribution < -0.4 is 15.4 Å². The number of carbonyl (C=O) groups is 1. The van der Waals surface area contributed by atoms with Crippen LogP contribution in [0.3, 0.4) is 0 Å². The predicted octanol–water partition coefficient (Wildman–Crippen LogP) is 1.12. The Morgan fingerprint density at radius 2 is 2.17 bits per heavy atom. The standard InChI is InChI=1S/C12H20N4O2/c1-4-13-11(17)6-7-14-10-8-12(18-5-2)16-9(3)15-10/h8H,4-7H2,1-3H3,(H,13,17)(H,14,15,16). The number of nitrogens with one attached hydrogen (secondary N) is 2. The van der Waals surface area contributed by atoms with Gasteiger partial charge in [0, 0.05) is 25.6 Å². The van der Waals surface area contributed by atoms with Crippen LogP contribution in [0, 0.1) is 6.92 Å². The molecule has 1 aromatic heterocycles. The number of ether oxygens (including phenoxy) is 1. The van der Waals surface area contributed by atoms with Crippen LogP contribution in [0.4, 0.5) is 5.82 Å². The van der Waals surface area contributed by atoms with Crippen LogP contribution in [0.5, 0.6) is 5.88 Å². The fourth-order valence-electron chi connectivity index (χ4n) is 1.44. The van der Waals surface area contributed by atoms with Crippen molar-refractivity contribution >= 4 is 11.7 Å². The molecule has 100 valence electrons. The zero-order valence-corrected chi connectivity index (χ0v) is 11.1. The maximum Gasteiger partial charge on any atom is 0.221 e. The average molecular weight is 252 g/mol. The topological polar surface area (TPSA) is 76.1 Å². The molecule has 2 N–H and O–H groups in total. The van der Waals surface area contributed by atoms with Crippen LogP contribution in [0.2, 0.25) is 0 Å². The molecule has 0 atom stereocenters. The highest BCUT2D eigenvalue weighted by atomic mass is 16.5. The zero-order valence-electron chi connectivity index (χ0n) is 11.1. The van der Waals surface area contributed by atoms with E-state index in [0.29, 0.717) is 43.6 Å². The number of nitrogens with zero attached hydrogens (tertiary/aromatic N) is 2. The lowest BCUT2D eigenvalue weighted by Gasteiger charge is -2.08. The van der Waals surface area contributed by atoms with E-state index in [9.17, 15) is 4.79 Å². The summed E-state index contributed by atoms with van der Waals surface area (Å²) in [5.74, 6) is 1.89. The van der Waals surface area contributed by atoms with E-state index in [4.69, 9.17) is 4.74 Å². The number of rotatable bonds is 7. The third-order valence-electron chi connectivity index (χ3n) is 2.14. The van der Waals surface area contributed by atoms with Gasteiger partial charge in [-0.2, -0.15) is 4.98 Å². The van der Waals surface area contributed by atoms with Gasteiger partial charge in [0.05, 0.1) is 6.61 Å². The van der Waals surface area contributed by atoms with Crippen LogP contribution >= 0.6 is 0 Å². The van der Waals surface area contributed by atoms with Gasteiger partial charge in [-0.1, -0.05) is 0 Å². The summed E-state index contributed by atoms with van der Waals surface area (Å²) in [6.07, 6.45) is 0.418. The molecule has 1 heterocycles. The summed E-state index contributed by atoms with van der Waals surface area (Å²) >= 11 is 0. The molecule has 0 radical (unpaired) electrons. The van der Waals surface area contributed by atoms with Crippen molar-refractivity contribution in [2.24, 2.45) is 0 Å². The number of amides is 1. The number of carbonyl (C=O) groups excluding carboxylic acids is 1. The third kappa shape index (κ3) is 4.99. The summed E-state index contributed by atoms with van der Waals surface area (Å²) in [5.41, 5.74) is 0. The largest absolute Gasteiger partial charge is 0.478 e. The molecule has 0 aliphatic carbocycles.